The molecule has 3 aliphatic heterocycles. The zero-order valence-corrected chi connectivity index (χ0v) is 30.9. The van der Waals surface area contributed by atoms with Crippen LogP contribution in [-0.2, 0) is 14.2 Å². The fraction of sp³-hybridized carbons (Fsp3) is 0.400. The van der Waals surface area contributed by atoms with Gasteiger partial charge >= 0.3 is 0 Å². The highest BCUT2D eigenvalue weighted by molar-refractivity contribution is 6.23. The minimum absolute atomic E-state index is 0.0580. The smallest absolute Gasteiger partial charge is 0.217 e. The van der Waals surface area contributed by atoms with Crippen LogP contribution in [0.15, 0.2) is 106 Å². The molecule has 0 spiro atoms. The lowest BCUT2D eigenvalue weighted by molar-refractivity contribution is 0.281. The van der Waals surface area contributed by atoms with Gasteiger partial charge in [-0.05, 0) is 34.4 Å². The van der Waals surface area contributed by atoms with Crippen LogP contribution in [0.25, 0.3) is 33.4 Å². The van der Waals surface area contributed by atoms with Crippen molar-refractivity contribution in [3.63, 3.8) is 0 Å². The van der Waals surface area contributed by atoms with E-state index < -0.39 is 0 Å². The maximum absolute atomic E-state index is 6.72. The lowest BCUT2D eigenvalue weighted by Crippen LogP contribution is -2.19. The Morgan fingerprint density at radius 1 is 0.431 bits per heavy atom. The van der Waals surface area contributed by atoms with Gasteiger partial charge in [0, 0.05) is 16.7 Å². The van der Waals surface area contributed by atoms with E-state index in [1.54, 1.807) is 0 Å². The van der Waals surface area contributed by atoms with E-state index >= 15 is 0 Å². The number of rotatable bonds is 12. The molecule has 6 nitrogen and oxygen atoms in total. The van der Waals surface area contributed by atoms with Crippen LogP contribution in [-0.4, -0.2) is 55.6 Å². The number of hydrogen-bond donors (Lipinski definition) is 0. The van der Waals surface area contributed by atoms with Gasteiger partial charge in [0.2, 0.25) is 17.7 Å². The van der Waals surface area contributed by atoms with Gasteiger partial charge in [0.05, 0.1) is 34.8 Å². The van der Waals surface area contributed by atoms with Gasteiger partial charge in [-0.2, -0.15) is 0 Å². The summed E-state index contributed by atoms with van der Waals surface area (Å²) in [5.41, 5.74) is 8.94. The molecule has 0 N–H and O–H groups in total. The van der Waals surface area contributed by atoms with Gasteiger partial charge in [0.1, 0.15) is 19.8 Å². The van der Waals surface area contributed by atoms with Crippen molar-refractivity contribution in [3.05, 3.63) is 108 Å². The predicted molar refractivity (Wildman–Crippen MR) is 210 cm³/mol. The molecular formula is C45H51N3O3. The van der Waals surface area contributed by atoms with Crippen molar-refractivity contribution in [2.24, 2.45) is 32.7 Å². The molecule has 6 atom stereocenters. The van der Waals surface area contributed by atoms with Gasteiger partial charge in [0.15, 0.2) is 0 Å². The third kappa shape index (κ3) is 6.73. The summed E-state index contributed by atoms with van der Waals surface area (Å²) in [5, 5.41) is 0. The molecule has 3 heterocycles. The van der Waals surface area contributed by atoms with E-state index in [9.17, 15) is 0 Å². The Bertz CT molecular complexity index is 1680. The molecule has 264 valence electrons. The summed E-state index contributed by atoms with van der Waals surface area (Å²) in [6.07, 6.45) is 3.07. The van der Waals surface area contributed by atoms with Gasteiger partial charge in [0.25, 0.3) is 0 Å². The topological polar surface area (TPSA) is 64.8 Å². The van der Waals surface area contributed by atoms with Gasteiger partial charge in [-0.15, -0.1) is 0 Å². The van der Waals surface area contributed by atoms with Crippen LogP contribution in [0.4, 0.5) is 0 Å². The van der Waals surface area contributed by atoms with Crippen LogP contribution in [0.3, 0.4) is 0 Å². The van der Waals surface area contributed by atoms with Crippen LogP contribution in [0.5, 0.6) is 0 Å². The highest BCUT2D eigenvalue weighted by Crippen LogP contribution is 2.48. The van der Waals surface area contributed by atoms with Crippen molar-refractivity contribution in [3.8, 4) is 33.4 Å². The molecular weight excluding hydrogens is 631 g/mol. The second-order valence-electron chi connectivity index (χ2n) is 14.4. The number of aliphatic imine (C=N–C) groups is 3. The van der Waals surface area contributed by atoms with Crippen molar-refractivity contribution < 1.29 is 14.2 Å². The molecule has 0 radical (unpaired) electrons. The molecule has 0 saturated carbocycles. The molecule has 7 rings (SSSR count). The third-order valence-electron chi connectivity index (χ3n) is 11.3. The summed E-state index contributed by atoms with van der Waals surface area (Å²) in [7, 11) is 0. The molecule has 51 heavy (non-hydrogen) atoms. The van der Waals surface area contributed by atoms with E-state index in [0.717, 1.165) is 69.3 Å². The summed E-state index contributed by atoms with van der Waals surface area (Å²) < 4.78 is 20.2. The first-order chi connectivity index (χ1) is 24.9. The molecule has 6 heteroatoms. The predicted octanol–water partition coefficient (Wildman–Crippen LogP) is 10.3. The van der Waals surface area contributed by atoms with Crippen LogP contribution < -0.4 is 0 Å². The second kappa shape index (κ2) is 15.3. The van der Waals surface area contributed by atoms with Crippen molar-refractivity contribution in [2.45, 2.75) is 78.9 Å². The van der Waals surface area contributed by atoms with E-state index in [-0.39, 0.29) is 18.1 Å². The van der Waals surface area contributed by atoms with E-state index in [1.807, 2.05) is 0 Å². The van der Waals surface area contributed by atoms with Gasteiger partial charge in [-0.1, -0.05) is 152 Å². The number of nitrogens with zero attached hydrogens (tertiary/aromatic N) is 3. The quantitative estimate of drug-likeness (QED) is 0.150. The zero-order chi connectivity index (χ0) is 35.5. The molecule has 0 aromatic heterocycles. The van der Waals surface area contributed by atoms with E-state index in [2.05, 4.69) is 133 Å². The maximum Gasteiger partial charge on any atom is 0.217 e. The molecule has 3 aliphatic rings. The summed E-state index contributed by atoms with van der Waals surface area (Å²) in [6.45, 7) is 15.1. The molecule has 0 bridgehead atoms. The molecule has 4 aromatic rings. The molecule has 0 aliphatic carbocycles. The van der Waals surface area contributed by atoms with Crippen LogP contribution in [0, 0.1) is 17.8 Å². The Morgan fingerprint density at radius 3 is 0.922 bits per heavy atom. The fourth-order valence-corrected chi connectivity index (χ4v) is 7.34. The molecule has 4 aromatic carbocycles. The van der Waals surface area contributed by atoms with Crippen molar-refractivity contribution >= 4 is 17.7 Å². The third-order valence-corrected chi connectivity index (χ3v) is 11.3. The average Bonchev–Trinajstić information content (AvgIpc) is 3.99. The zero-order valence-electron chi connectivity index (χ0n) is 30.9. The minimum Gasteiger partial charge on any atom is -0.475 e. The highest BCUT2D eigenvalue weighted by Gasteiger charge is 2.39. The van der Waals surface area contributed by atoms with E-state index in [1.165, 1.54) is 0 Å². The second-order valence-corrected chi connectivity index (χ2v) is 14.4. The average molecular weight is 682 g/mol. The van der Waals surface area contributed by atoms with Crippen molar-refractivity contribution in [1.82, 2.24) is 0 Å². The SMILES string of the molecule is CCC(C)[C@H]1COC(c2c(-c3ccccc3)c(C3=N[C@@H](C(C)CC)CO3)c(-c3ccccc3)c(C3=N[C@@H](C(C)CC)CO3)c2-c2ccccc2)=N1. The van der Waals surface area contributed by atoms with E-state index in [0.29, 0.717) is 55.3 Å². The standard InChI is InChI=1S/C45H51N3O3/c1-7-28(4)34-25-49-43(46-34)40-37(31-19-13-10-14-20-31)41(44-47-35(26-50-44)29(5)8-2)39(33-23-17-12-18-24-33)42(38(40)32-21-15-11-16-22-32)45-48-36(27-51-45)30(6)9-3/h10-24,28-30,34-36H,7-9,25-27H2,1-6H3/t28?,29?,30?,34-,35-,36-/m1/s1. The van der Waals surface area contributed by atoms with Crippen molar-refractivity contribution in [1.29, 1.82) is 0 Å². The first-order valence-corrected chi connectivity index (χ1v) is 19.0. The minimum atomic E-state index is 0.0580. The van der Waals surface area contributed by atoms with Gasteiger partial charge in [-0.3, -0.25) is 0 Å². The Morgan fingerprint density at radius 2 is 0.686 bits per heavy atom. The molecule has 0 saturated heterocycles. The van der Waals surface area contributed by atoms with Gasteiger partial charge in [-0.25, -0.2) is 15.0 Å². The number of ether oxygens (including phenoxy) is 3. The Balaban J connectivity index is 1.69. The summed E-state index contributed by atoms with van der Waals surface area (Å²) in [5.74, 6) is 3.08. The fourth-order valence-electron chi connectivity index (χ4n) is 7.34. The largest absolute Gasteiger partial charge is 0.475 e. The van der Waals surface area contributed by atoms with Crippen molar-refractivity contribution in [2.75, 3.05) is 19.8 Å². The molecule has 0 fully saturated rings. The van der Waals surface area contributed by atoms with Crippen LogP contribution >= 0.6 is 0 Å². The maximum atomic E-state index is 6.72. The van der Waals surface area contributed by atoms with E-state index in [4.69, 9.17) is 29.2 Å². The Hall–Kier alpha value is -4.71. The molecule has 0 amide bonds. The summed E-state index contributed by atoms with van der Waals surface area (Å²) >= 11 is 0. The number of benzene rings is 4. The van der Waals surface area contributed by atoms with Gasteiger partial charge < -0.3 is 14.2 Å². The monoisotopic (exact) mass is 681 g/mol. The summed E-state index contributed by atoms with van der Waals surface area (Å²) in [6, 6.07) is 32.0. The first-order valence-electron chi connectivity index (χ1n) is 19.0. The summed E-state index contributed by atoms with van der Waals surface area (Å²) in [4.78, 5) is 16.2. The first kappa shape index (κ1) is 34.7. The lowest BCUT2D eigenvalue weighted by Gasteiger charge is -2.26. The van der Waals surface area contributed by atoms with Crippen LogP contribution in [0.2, 0.25) is 0 Å². The normalized spacial score (nSPS) is 21.5. The molecule has 3 unspecified atom stereocenters. The Kier molecular flexibility index (Phi) is 10.4. The number of hydrogen-bond acceptors (Lipinski definition) is 6. The highest BCUT2D eigenvalue weighted by atomic mass is 16.5. The van der Waals surface area contributed by atoms with Crippen LogP contribution in [0.1, 0.15) is 77.5 Å². The Labute approximate surface area is 303 Å². The lowest BCUT2D eigenvalue weighted by atomic mass is 9.78.